The Balaban J connectivity index is 1.73. The number of rotatable bonds is 6. The van der Waals surface area contributed by atoms with Crippen LogP contribution in [0.4, 0.5) is 0 Å². The van der Waals surface area contributed by atoms with E-state index in [1.54, 1.807) is 6.20 Å². The van der Waals surface area contributed by atoms with E-state index in [0.29, 0.717) is 18.7 Å². The lowest BCUT2D eigenvalue weighted by Crippen LogP contribution is -2.31. The van der Waals surface area contributed by atoms with Gasteiger partial charge in [-0.15, -0.1) is 0 Å². The minimum atomic E-state index is -0.149. The third-order valence-electron chi connectivity index (χ3n) is 3.27. The van der Waals surface area contributed by atoms with Crippen LogP contribution in [0.15, 0.2) is 18.3 Å². The number of alkyl halides is 1. The smallest absolute Gasteiger partial charge is 0.269 e. The Morgan fingerprint density at radius 2 is 2.35 bits per heavy atom. The van der Waals surface area contributed by atoms with Gasteiger partial charge < -0.3 is 10.2 Å². The summed E-state index contributed by atoms with van der Waals surface area (Å²) in [5, 5.41) is 2.85. The molecule has 2 rings (SSSR count). The van der Waals surface area contributed by atoms with Crippen LogP contribution in [0.25, 0.3) is 0 Å². The molecule has 0 radical (unpaired) electrons. The molecule has 2 heterocycles. The Kier molecular flexibility index (Phi) is 5.75. The summed E-state index contributed by atoms with van der Waals surface area (Å²) < 4.78 is 0.859. The van der Waals surface area contributed by atoms with Crippen LogP contribution in [0.2, 0.25) is 0 Å². The normalized spacial score (nSPS) is 14.7. The predicted octanol–water partition coefficient (Wildman–Crippen LogP) is 1.76. The monoisotopic (exact) mass is 387 g/mol. The molecule has 2 amide bonds. The lowest BCUT2D eigenvalue weighted by molar-refractivity contribution is -0.127. The van der Waals surface area contributed by atoms with Crippen molar-refractivity contribution < 1.29 is 9.59 Å². The minimum absolute atomic E-state index is 0.149. The average Bonchev–Trinajstić information content (AvgIpc) is 2.89. The maximum absolute atomic E-state index is 11.9. The SMILES string of the molecule is O=C(NCCCN1CCCC1=O)c1cc(CI)ccn1. The molecule has 1 aliphatic heterocycles. The Labute approximate surface area is 132 Å². The summed E-state index contributed by atoms with van der Waals surface area (Å²) in [6.45, 7) is 2.14. The summed E-state index contributed by atoms with van der Waals surface area (Å²) in [7, 11) is 0. The lowest BCUT2D eigenvalue weighted by atomic mass is 10.2. The zero-order valence-corrected chi connectivity index (χ0v) is 13.4. The highest BCUT2D eigenvalue weighted by Crippen LogP contribution is 2.09. The van der Waals surface area contributed by atoms with Gasteiger partial charge in [0.25, 0.3) is 5.91 Å². The van der Waals surface area contributed by atoms with E-state index in [2.05, 4.69) is 32.9 Å². The molecule has 1 aliphatic rings. The van der Waals surface area contributed by atoms with E-state index < -0.39 is 0 Å². The van der Waals surface area contributed by atoms with E-state index in [0.717, 1.165) is 35.9 Å². The number of aromatic nitrogens is 1. The molecule has 0 aliphatic carbocycles. The second-order valence-electron chi connectivity index (χ2n) is 4.78. The first-order valence-electron chi connectivity index (χ1n) is 6.77. The van der Waals surface area contributed by atoms with Crippen molar-refractivity contribution in [2.75, 3.05) is 19.6 Å². The molecule has 0 spiro atoms. The topological polar surface area (TPSA) is 62.3 Å². The van der Waals surface area contributed by atoms with Gasteiger partial charge in [0.05, 0.1) is 0 Å². The highest BCUT2D eigenvalue weighted by atomic mass is 127. The number of hydrogen-bond acceptors (Lipinski definition) is 3. The molecule has 1 saturated heterocycles. The fourth-order valence-corrected chi connectivity index (χ4v) is 2.66. The molecule has 0 bridgehead atoms. The van der Waals surface area contributed by atoms with Crippen molar-refractivity contribution in [1.82, 2.24) is 15.2 Å². The molecule has 20 heavy (non-hydrogen) atoms. The third kappa shape index (κ3) is 4.16. The highest BCUT2D eigenvalue weighted by Gasteiger charge is 2.19. The minimum Gasteiger partial charge on any atom is -0.351 e. The van der Waals surface area contributed by atoms with Crippen LogP contribution in [-0.2, 0) is 9.22 Å². The molecule has 1 fully saturated rings. The lowest BCUT2D eigenvalue weighted by Gasteiger charge is -2.15. The number of hydrogen-bond donors (Lipinski definition) is 1. The van der Waals surface area contributed by atoms with Gasteiger partial charge in [0.1, 0.15) is 5.69 Å². The number of nitrogens with zero attached hydrogens (tertiary/aromatic N) is 2. The van der Waals surface area contributed by atoms with Gasteiger partial charge in [-0.2, -0.15) is 0 Å². The van der Waals surface area contributed by atoms with Crippen molar-refractivity contribution in [3.8, 4) is 0 Å². The molecule has 1 aromatic rings. The highest BCUT2D eigenvalue weighted by molar-refractivity contribution is 14.1. The number of carbonyl (C=O) groups excluding carboxylic acids is 2. The number of halogens is 1. The van der Waals surface area contributed by atoms with Crippen molar-refractivity contribution >= 4 is 34.4 Å². The zero-order chi connectivity index (χ0) is 14.4. The first-order valence-corrected chi connectivity index (χ1v) is 8.30. The maximum atomic E-state index is 11.9. The van der Waals surface area contributed by atoms with Crippen LogP contribution < -0.4 is 5.32 Å². The van der Waals surface area contributed by atoms with E-state index in [-0.39, 0.29) is 11.8 Å². The second-order valence-corrected chi connectivity index (χ2v) is 5.54. The number of amides is 2. The van der Waals surface area contributed by atoms with Crippen molar-refractivity contribution in [3.63, 3.8) is 0 Å². The number of likely N-dealkylation sites (tertiary alicyclic amines) is 1. The predicted molar refractivity (Wildman–Crippen MR) is 84.7 cm³/mol. The van der Waals surface area contributed by atoms with Gasteiger partial charge in [-0.05, 0) is 30.5 Å². The van der Waals surface area contributed by atoms with Gasteiger partial charge in [0.2, 0.25) is 5.91 Å². The maximum Gasteiger partial charge on any atom is 0.269 e. The van der Waals surface area contributed by atoms with Crippen LogP contribution in [-0.4, -0.2) is 41.3 Å². The summed E-state index contributed by atoms with van der Waals surface area (Å²) in [5.41, 5.74) is 1.55. The number of pyridine rings is 1. The first kappa shape index (κ1) is 15.2. The molecule has 108 valence electrons. The molecule has 0 saturated carbocycles. The molecule has 0 aromatic carbocycles. The van der Waals surface area contributed by atoms with Crippen molar-refractivity contribution in [3.05, 3.63) is 29.6 Å². The molecule has 1 aromatic heterocycles. The van der Waals surface area contributed by atoms with Crippen LogP contribution in [0.3, 0.4) is 0 Å². The molecule has 0 unspecified atom stereocenters. The Morgan fingerprint density at radius 3 is 3.05 bits per heavy atom. The molecule has 6 heteroatoms. The van der Waals surface area contributed by atoms with Gasteiger partial charge in [-0.1, -0.05) is 22.6 Å². The van der Waals surface area contributed by atoms with Gasteiger partial charge in [0, 0.05) is 36.7 Å². The molecular weight excluding hydrogens is 369 g/mol. The van der Waals surface area contributed by atoms with E-state index in [1.807, 2.05) is 17.0 Å². The van der Waals surface area contributed by atoms with Gasteiger partial charge >= 0.3 is 0 Å². The van der Waals surface area contributed by atoms with E-state index in [4.69, 9.17) is 0 Å². The van der Waals surface area contributed by atoms with Gasteiger partial charge in [-0.25, -0.2) is 0 Å². The third-order valence-corrected chi connectivity index (χ3v) is 4.15. The van der Waals surface area contributed by atoms with Gasteiger partial charge in [-0.3, -0.25) is 14.6 Å². The zero-order valence-electron chi connectivity index (χ0n) is 11.3. The molecule has 5 nitrogen and oxygen atoms in total. The summed E-state index contributed by atoms with van der Waals surface area (Å²) in [6, 6.07) is 3.72. The first-order chi connectivity index (χ1) is 9.70. The Morgan fingerprint density at radius 1 is 1.50 bits per heavy atom. The molecule has 1 N–H and O–H groups in total. The second kappa shape index (κ2) is 7.56. The van der Waals surface area contributed by atoms with Crippen LogP contribution in [0.5, 0.6) is 0 Å². The fraction of sp³-hybridized carbons (Fsp3) is 0.500. The molecular formula is C14H18IN3O2. The summed E-state index contributed by atoms with van der Waals surface area (Å²) in [6.07, 6.45) is 4.06. The van der Waals surface area contributed by atoms with Crippen LogP contribution in [0.1, 0.15) is 35.3 Å². The van der Waals surface area contributed by atoms with Crippen molar-refractivity contribution in [2.45, 2.75) is 23.7 Å². The average molecular weight is 387 g/mol. The van der Waals surface area contributed by atoms with Crippen molar-refractivity contribution in [1.29, 1.82) is 0 Å². The standard InChI is InChI=1S/C14H18IN3O2/c15-10-11-4-6-16-12(9-11)14(20)17-5-2-8-18-7-1-3-13(18)19/h4,6,9H,1-3,5,7-8,10H2,(H,17,20). The number of nitrogens with one attached hydrogen (secondary N) is 1. The van der Waals surface area contributed by atoms with Crippen LogP contribution in [0, 0.1) is 0 Å². The van der Waals surface area contributed by atoms with E-state index in [9.17, 15) is 9.59 Å². The Bertz CT molecular complexity index is 493. The van der Waals surface area contributed by atoms with Crippen LogP contribution >= 0.6 is 22.6 Å². The van der Waals surface area contributed by atoms with E-state index in [1.165, 1.54) is 0 Å². The van der Waals surface area contributed by atoms with Crippen molar-refractivity contribution in [2.24, 2.45) is 0 Å². The van der Waals surface area contributed by atoms with Gasteiger partial charge in [0.15, 0.2) is 0 Å². The van der Waals surface area contributed by atoms with E-state index >= 15 is 0 Å². The summed E-state index contributed by atoms with van der Waals surface area (Å²) >= 11 is 2.25. The summed E-state index contributed by atoms with van der Waals surface area (Å²) in [5.74, 6) is 0.0807. The summed E-state index contributed by atoms with van der Waals surface area (Å²) in [4.78, 5) is 29.3. The molecule has 0 atom stereocenters. The Hall–Kier alpha value is -1.18. The quantitative estimate of drug-likeness (QED) is 0.460. The fourth-order valence-electron chi connectivity index (χ4n) is 2.18. The largest absolute Gasteiger partial charge is 0.351 e. The number of carbonyl (C=O) groups is 2.